The van der Waals surface area contributed by atoms with E-state index in [9.17, 15) is 14.4 Å². The van der Waals surface area contributed by atoms with Gasteiger partial charge in [0.25, 0.3) is 11.1 Å². The Morgan fingerprint density at radius 1 is 1.40 bits per heavy atom. The van der Waals surface area contributed by atoms with Gasteiger partial charge in [-0.3, -0.25) is 19.5 Å². The van der Waals surface area contributed by atoms with Gasteiger partial charge in [-0.05, 0) is 19.3 Å². The van der Waals surface area contributed by atoms with Crippen molar-refractivity contribution >= 4 is 11.6 Å². The number of hydrogen-bond acceptors (Lipinski definition) is 5. The lowest BCUT2D eigenvalue weighted by atomic mass is 10.1. The molecule has 2 aromatic heterocycles. The van der Waals surface area contributed by atoms with Crippen molar-refractivity contribution < 1.29 is 4.79 Å². The monoisotopic (exact) mass is 346 g/mol. The number of carbonyl (C=O) groups excluding carboxylic acids is 1. The second kappa shape index (κ2) is 6.96. The maximum absolute atomic E-state index is 12.1. The average Bonchev–Trinajstić information content (AvgIpc) is 3.18. The smallest absolute Gasteiger partial charge is 0.268 e. The zero-order valence-electron chi connectivity index (χ0n) is 14.3. The van der Waals surface area contributed by atoms with Gasteiger partial charge in [-0.25, -0.2) is 4.68 Å². The fourth-order valence-corrected chi connectivity index (χ4v) is 3.03. The predicted molar refractivity (Wildman–Crippen MR) is 92.7 cm³/mol. The molecule has 1 aliphatic heterocycles. The number of aromatic nitrogens is 4. The summed E-state index contributed by atoms with van der Waals surface area (Å²) in [4.78, 5) is 37.4. The Hall–Kier alpha value is -2.84. The van der Waals surface area contributed by atoms with Crippen LogP contribution in [0.5, 0.6) is 0 Å². The molecule has 0 spiro atoms. The average molecular weight is 346 g/mol. The lowest BCUT2D eigenvalue weighted by molar-refractivity contribution is -0.120. The molecule has 0 unspecified atom stereocenters. The summed E-state index contributed by atoms with van der Waals surface area (Å²) in [7, 11) is 1.62. The van der Waals surface area contributed by atoms with Crippen molar-refractivity contribution in [1.29, 1.82) is 0 Å². The molecule has 1 amide bonds. The van der Waals surface area contributed by atoms with Crippen molar-refractivity contribution in [2.24, 2.45) is 13.0 Å². The van der Waals surface area contributed by atoms with Crippen LogP contribution in [0.15, 0.2) is 21.9 Å². The number of nitrogens with one attached hydrogen (secondary N) is 3. The fraction of sp³-hybridized carbons (Fsp3) is 0.500. The zero-order chi connectivity index (χ0) is 18.0. The van der Waals surface area contributed by atoms with Crippen LogP contribution in [0.3, 0.4) is 0 Å². The van der Waals surface area contributed by atoms with Crippen molar-refractivity contribution in [1.82, 2.24) is 25.3 Å². The molecule has 0 saturated carbocycles. The summed E-state index contributed by atoms with van der Waals surface area (Å²) in [5.41, 5.74) is 1.58. The fourth-order valence-electron chi connectivity index (χ4n) is 3.03. The van der Waals surface area contributed by atoms with Crippen LogP contribution in [0.4, 0.5) is 5.69 Å². The highest BCUT2D eigenvalue weighted by Gasteiger charge is 2.24. The molecule has 1 atom stereocenters. The van der Waals surface area contributed by atoms with Gasteiger partial charge in [-0.15, -0.1) is 0 Å². The zero-order valence-corrected chi connectivity index (χ0v) is 14.3. The van der Waals surface area contributed by atoms with E-state index < -0.39 is 0 Å². The van der Waals surface area contributed by atoms with Gasteiger partial charge in [0.05, 0.1) is 18.3 Å². The molecular formula is C16H22N6O3. The largest absolute Gasteiger partial charge is 0.370 e. The topological polar surface area (TPSA) is 116 Å². The summed E-state index contributed by atoms with van der Waals surface area (Å²) in [6, 6.07) is 1.58. The van der Waals surface area contributed by atoms with Crippen LogP contribution in [0, 0.1) is 12.8 Å². The number of anilines is 1. The van der Waals surface area contributed by atoms with E-state index in [1.54, 1.807) is 26.2 Å². The van der Waals surface area contributed by atoms with E-state index in [1.807, 2.05) is 0 Å². The van der Waals surface area contributed by atoms with Crippen molar-refractivity contribution in [3.8, 4) is 0 Å². The molecule has 3 rings (SSSR count). The predicted octanol–water partition coefficient (Wildman–Crippen LogP) is -0.710. The standard InChI is InChI=1S/C16H22N6O3/c1-10-13(16(25)20-19-10)6-14(23)17-7-11-3-4-22(9-11)12-5-15(24)21(2)18-8-12/h5,8,11H,3-4,6-7,9H2,1-2H3,(H,17,23)(H2,19,20,25)/t11-/m0/s1. The first kappa shape index (κ1) is 17.0. The third-order valence-corrected chi connectivity index (χ3v) is 4.62. The highest BCUT2D eigenvalue weighted by molar-refractivity contribution is 5.78. The van der Waals surface area contributed by atoms with Crippen molar-refractivity contribution in [3.63, 3.8) is 0 Å². The minimum absolute atomic E-state index is 0.0692. The van der Waals surface area contributed by atoms with Crippen LogP contribution in [-0.2, 0) is 18.3 Å². The summed E-state index contributed by atoms with van der Waals surface area (Å²) in [5, 5.41) is 12.1. The first-order valence-corrected chi connectivity index (χ1v) is 8.25. The molecule has 134 valence electrons. The molecule has 2 aromatic rings. The molecule has 9 nitrogen and oxygen atoms in total. The second-order valence-corrected chi connectivity index (χ2v) is 6.44. The number of rotatable bonds is 5. The number of carbonyl (C=O) groups is 1. The van der Waals surface area contributed by atoms with Crippen LogP contribution in [-0.4, -0.2) is 45.5 Å². The summed E-state index contributed by atoms with van der Waals surface area (Å²) in [6.07, 6.45) is 2.68. The third-order valence-electron chi connectivity index (χ3n) is 4.62. The highest BCUT2D eigenvalue weighted by Crippen LogP contribution is 2.21. The highest BCUT2D eigenvalue weighted by atomic mass is 16.2. The molecule has 1 fully saturated rings. The molecule has 1 aliphatic rings. The Bertz CT molecular complexity index is 880. The maximum Gasteiger partial charge on any atom is 0.268 e. The van der Waals surface area contributed by atoms with E-state index in [2.05, 4.69) is 25.5 Å². The van der Waals surface area contributed by atoms with Gasteiger partial charge in [0, 0.05) is 44.0 Å². The number of nitrogens with zero attached hydrogens (tertiary/aromatic N) is 3. The maximum atomic E-state index is 12.1. The quantitative estimate of drug-likeness (QED) is 0.661. The summed E-state index contributed by atoms with van der Waals surface area (Å²) < 4.78 is 1.29. The summed E-state index contributed by atoms with van der Waals surface area (Å²) >= 11 is 0. The molecule has 25 heavy (non-hydrogen) atoms. The molecular weight excluding hydrogens is 324 g/mol. The van der Waals surface area contributed by atoms with Crippen LogP contribution >= 0.6 is 0 Å². The minimum Gasteiger partial charge on any atom is -0.370 e. The molecule has 3 heterocycles. The number of aromatic amines is 2. The number of hydrogen-bond donors (Lipinski definition) is 3. The number of amides is 1. The molecule has 0 radical (unpaired) electrons. The Morgan fingerprint density at radius 2 is 2.20 bits per heavy atom. The SMILES string of the molecule is Cc1[nH][nH]c(=O)c1CC(=O)NC[C@@H]1CCN(c2cnn(C)c(=O)c2)C1. The van der Waals surface area contributed by atoms with E-state index in [-0.39, 0.29) is 23.4 Å². The van der Waals surface area contributed by atoms with Crippen LogP contribution in [0.25, 0.3) is 0 Å². The van der Waals surface area contributed by atoms with Crippen LogP contribution in [0.1, 0.15) is 17.7 Å². The Labute approximate surface area is 144 Å². The molecule has 9 heteroatoms. The van der Waals surface area contributed by atoms with E-state index in [4.69, 9.17) is 0 Å². The van der Waals surface area contributed by atoms with Crippen molar-refractivity contribution in [3.05, 3.63) is 44.2 Å². The summed E-state index contributed by atoms with van der Waals surface area (Å²) in [6.45, 7) is 3.90. The van der Waals surface area contributed by atoms with Crippen molar-refractivity contribution in [2.75, 3.05) is 24.5 Å². The van der Waals surface area contributed by atoms with Gasteiger partial charge >= 0.3 is 0 Å². The normalized spacial score (nSPS) is 17.0. The number of aryl methyl sites for hydroxylation is 2. The lowest BCUT2D eigenvalue weighted by Gasteiger charge is -2.18. The van der Waals surface area contributed by atoms with Gasteiger partial charge in [0.2, 0.25) is 5.91 Å². The molecule has 3 N–H and O–H groups in total. The Balaban J connectivity index is 1.51. The molecule has 0 bridgehead atoms. The third kappa shape index (κ3) is 3.81. The second-order valence-electron chi connectivity index (χ2n) is 6.44. The minimum atomic E-state index is -0.252. The lowest BCUT2D eigenvalue weighted by Crippen LogP contribution is -2.33. The molecule has 0 aromatic carbocycles. The molecule has 1 saturated heterocycles. The van der Waals surface area contributed by atoms with Gasteiger partial charge < -0.3 is 15.3 Å². The van der Waals surface area contributed by atoms with E-state index in [0.29, 0.717) is 23.7 Å². The van der Waals surface area contributed by atoms with E-state index >= 15 is 0 Å². The first-order valence-electron chi connectivity index (χ1n) is 8.25. The Kier molecular flexibility index (Phi) is 4.73. The van der Waals surface area contributed by atoms with Gasteiger partial charge in [-0.1, -0.05) is 0 Å². The Morgan fingerprint density at radius 3 is 2.88 bits per heavy atom. The van der Waals surface area contributed by atoms with Gasteiger partial charge in [-0.2, -0.15) is 5.10 Å². The van der Waals surface area contributed by atoms with Crippen LogP contribution < -0.4 is 21.3 Å². The van der Waals surface area contributed by atoms with Gasteiger partial charge in [0.15, 0.2) is 0 Å². The van der Waals surface area contributed by atoms with E-state index in [0.717, 1.165) is 25.2 Å². The van der Waals surface area contributed by atoms with Crippen LogP contribution in [0.2, 0.25) is 0 Å². The number of H-pyrrole nitrogens is 2. The summed E-state index contributed by atoms with van der Waals surface area (Å²) in [5.74, 6) is 0.139. The van der Waals surface area contributed by atoms with E-state index in [1.165, 1.54) is 4.68 Å². The van der Waals surface area contributed by atoms with Crippen molar-refractivity contribution in [2.45, 2.75) is 19.8 Å². The van der Waals surface area contributed by atoms with Gasteiger partial charge in [0.1, 0.15) is 0 Å². The molecule has 0 aliphatic carbocycles. The first-order chi connectivity index (χ1) is 11.9.